The van der Waals surface area contributed by atoms with Crippen LogP contribution in [0.1, 0.15) is 38.0 Å². The van der Waals surface area contributed by atoms with Crippen LogP contribution in [0.25, 0.3) is 10.8 Å². The van der Waals surface area contributed by atoms with Crippen LogP contribution in [-0.4, -0.2) is 35.3 Å². The number of amides is 2. The number of benzene rings is 3. The van der Waals surface area contributed by atoms with Crippen LogP contribution < -0.4 is 0 Å². The summed E-state index contributed by atoms with van der Waals surface area (Å²) in [6.07, 6.45) is -0.630. The molecule has 134 valence electrons. The normalized spacial score (nSPS) is 14.3. The third kappa shape index (κ3) is 2.97. The number of carbonyl (C=O) groups excluding carboxylic acids is 3. The van der Waals surface area contributed by atoms with Gasteiger partial charge in [-0.15, -0.1) is 0 Å². The summed E-state index contributed by atoms with van der Waals surface area (Å²) in [4.78, 5) is 39.1. The van der Waals surface area contributed by atoms with E-state index in [1.807, 2.05) is 18.2 Å². The van der Waals surface area contributed by atoms with Gasteiger partial charge in [0.2, 0.25) is 0 Å². The van der Waals surface area contributed by atoms with Gasteiger partial charge in [-0.1, -0.05) is 42.5 Å². The molecule has 0 bridgehead atoms. The Bertz CT molecular complexity index is 1010. The third-order valence-electron chi connectivity index (χ3n) is 4.61. The van der Waals surface area contributed by atoms with E-state index >= 15 is 0 Å². The van der Waals surface area contributed by atoms with Gasteiger partial charge in [0.15, 0.2) is 0 Å². The first-order valence-electron chi connectivity index (χ1n) is 8.70. The predicted octanol–water partition coefficient (Wildman–Crippen LogP) is 3.68. The fraction of sp³-hybridized carbons (Fsp3) is 0.136. The maximum atomic E-state index is 12.9. The second-order valence-corrected chi connectivity index (χ2v) is 6.51. The van der Waals surface area contributed by atoms with Crippen LogP contribution in [0.4, 0.5) is 0 Å². The Hall–Kier alpha value is -3.47. The molecule has 0 aromatic heterocycles. The SMILES string of the molecule is C[C@H](CN1C(=O)c2cccc3cccc(c23)C1=O)OC(=O)c1ccccc1. The molecule has 0 saturated heterocycles. The molecule has 0 saturated carbocycles. The number of nitrogens with zero attached hydrogens (tertiary/aromatic N) is 1. The second-order valence-electron chi connectivity index (χ2n) is 6.51. The number of esters is 1. The Labute approximate surface area is 156 Å². The number of ether oxygens (including phenoxy) is 1. The summed E-state index contributed by atoms with van der Waals surface area (Å²) in [5, 5.41) is 1.54. The number of hydrogen-bond acceptors (Lipinski definition) is 4. The quantitative estimate of drug-likeness (QED) is 0.527. The van der Waals surface area contributed by atoms with E-state index in [1.165, 1.54) is 0 Å². The summed E-state index contributed by atoms with van der Waals surface area (Å²) in [5.74, 6) is -1.22. The number of carbonyl (C=O) groups is 3. The van der Waals surface area contributed by atoms with E-state index in [0.717, 1.165) is 10.3 Å². The average Bonchev–Trinajstić information content (AvgIpc) is 2.70. The van der Waals surface area contributed by atoms with E-state index in [0.29, 0.717) is 22.1 Å². The summed E-state index contributed by atoms with van der Waals surface area (Å²) < 4.78 is 5.41. The Morgan fingerprint density at radius 3 is 2.07 bits per heavy atom. The predicted molar refractivity (Wildman–Crippen MR) is 101 cm³/mol. The van der Waals surface area contributed by atoms with Crippen molar-refractivity contribution in [2.45, 2.75) is 13.0 Å². The van der Waals surface area contributed by atoms with E-state index in [-0.39, 0.29) is 18.4 Å². The third-order valence-corrected chi connectivity index (χ3v) is 4.61. The fourth-order valence-electron chi connectivity index (χ4n) is 3.37. The molecule has 1 atom stereocenters. The number of imide groups is 1. The molecule has 27 heavy (non-hydrogen) atoms. The van der Waals surface area contributed by atoms with Crippen molar-refractivity contribution in [1.82, 2.24) is 4.90 Å². The van der Waals surface area contributed by atoms with E-state index in [2.05, 4.69) is 0 Å². The Kier molecular flexibility index (Phi) is 4.20. The first-order chi connectivity index (χ1) is 13.1. The van der Waals surface area contributed by atoms with E-state index in [1.54, 1.807) is 55.5 Å². The summed E-state index contributed by atoms with van der Waals surface area (Å²) in [6, 6.07) is 19.4. The lowest BCUT2D eigenvalue weighted by Gasteiger charge is -2.29. The molecule has 1 aliphatic heterocycles. The monoisotopic (exact) mass is 359 g/mol. The van der Waals surface area contributed by atoms with Crippen LogP contribution >= 0.6 is 0 Å². The molecule has 0 spiro atoms. The zero-order chi connectivity index (χ0) is 19.0. The molecule has 3 aromatic carbocycles. The average molecular weight is 359 g/mol. The zero-order valence-corrected chi connectivity index (χ0v) is 14.7. The minimum Gasteiger partial charge on any atom is -0.457 e. The van der Waals surface area contributed by atoms with Gasteiger partial charge in [-0.2, -0.15) is 0 Å². The van der Waals surface area contributed by atoms with E-state index < -0.39 is 12.1 Å². The first kappa shape index (κ1) is 17.0. The molecule has 3 aromatic rings. The summed E-state index contributed by atoms with van der Waals surface area (Å²) in [6.45, 7) is 1.67. The van der Waals surface area contributed by atoms with Crippen molar-refractivity contribution < 1.29 is 19.1 Å². The van der Waals surface area contributed by atoms with Gasteiger partial charge >= 0.3 is 5.97 Å². The molecule has 5 heteroatoms. The molecular formula is C22H17NO4. The molecule has 2 amide bonds. The largest absolute Gasteiger partial charge is 0.457 e. The maximum absolute atomic E-state index is 12.9. The molecule has 0 aliphatic carbocycles. The Balaban J connectivity index is 1.57. The van der Waals surface area contributed by atoms with Crippen molar-refractivity contribution in [3.8, 4) is 0 Å². The zero-order valence-electron chi connectivity index (χ0n) is 14.7. The van der Waals surface area contributed by atoms with Gasteiger partial charge in [0.05, 0.1) is 12.1 Å². The van der Waals surface area contributed by atoms with Gasteiger partial charge in [0, 0.05) is 16.5 Å². The molecule has 1 heterocycles. The van der Waals surface area contributed by atoms with Gasteiger partial charge in [-0.05, 0) is 36.6 Å². The van der Waals surface area contributed by atoms with Crippen LogP contribution in [-0.2, 0) is 4.74 Å². The van der Waals surface area contributed by atoms with Crippen molar-refractivity contribution in [3.05, 3.63) is 83.4 Å². The number of hydrogen-bond donors (Lipinski definition) is 0. The van der Waals surface area contributed by atoms with E-state index in [9.17, 15) is 14.4 Å². The van der Waals surface area contributed by atoms with Crippen LogP contribution in [0.3, 0.4) is 0 Å². The van der Waals surface area contributed by atoms with Gasteiger partial charge in [0.1, 0.15) is 6.10 Å². The first-order valence-corrected chi connectivity index (χ1v) is 8.70. The van der Waals surface area contributed by atoms with Crippen molar-refractivity contribution in [3.63, 3.8) is 0 Å². The molecule has 4 rings (SSSR count). The fourth-order valence-corrected chi connectivity index (χ4v) is 3.37. The minimum atomic E-state index is -0.630. The Morgan fingerprint density at radius 2 is 1.48 bits per heavy atom. The lowest BCUT2D eigenvalue weighted by molar-refractivity contribution is 0.0226. The van der Waals surface area contributed by atoms with Crippen molar-refractivity contribution in [2.75, 3.05) is 6.54 Å². The smallest absolute Gasteiger partial charge is 0.338 e. The minimum absolute atomic E-state index is 0.000955. The number of rotatable bonds is 4. The Morgan fingerprint density at radius 1 is 0.889 bits per heavy atom. The summed E-state index contributed by atoms with van der Waals surface area (Å²) in [5.41, 5.74) is 1.41. The van der Waals surface area contributed by atoms with Crippen molar-refractivity contribution >= 4 is 28.6 Å². The molecule has 5 nitrogen and oxygen atoms in total. The lowest BCUT2D eigenvalue weighted by Crippen LogP contribution is -2.44. The highest BCUT2D eigenvalue weighted by Crippen LogP contribution is 2.30. The molecule has 0 radical (unpaired) electrons. The molecule has 0 fully saturated rings. The summed E-state index contributed by atoms with van der Waals surface area (Å²) >= 11 is 0. The molecule has 0 N–H and O–H groups in total. The van der Waals surface area contributed by atoms with Gasteiger partial charge < -0.3 is 4.74 Å². The van der Waals surface area contributed by atoms with Crippen LogP contribution in [0.15, 0.2) is 66.7 Å². The van der Waals surface area contributed by atoms with Crippen molar-refractivity contribution in [2.24, 2.45) is 0 Å². The van der Waals surface area contributed by atoms with Gasteiger partial charge in [0.25, 0.3) is 11.8 Å². The van der Waals surface area contributed by atoms with E-state index in [4.69, 9.17) is 4.74 Å². The highest BCUT2D eigenvalue weighted by atomic mass is 16.5. The highest BCUT2D eigenvalue weighted by Gasteiger charge is 2.34. The van der Waals surface area contributed by atoms with Crippen LogP contribution in [0.5, 0.6) is 0 Å². The van der Waals surface area contributed by atoms with Gasteiger partial charge in [-0.3, -0.25) is 14.5 Å². The van der Waals surface area contributed by atoms with Gasteiger partial charge in [-0.25, -0.2) is 4.79 Å². The van der Waals surface area contributed by atoms with Crippen LogP contribution in [0, 0.1) is 0 Å². The summed E-state index contributed by atoms with van der Waals surface area (Å²) in [7, 11) is 0. The molecular weight excluding hydrogens is 342 g/mol. The van der Waals surface area contributed by atoms with Crippen LogP contribution in [0.2, 0.25) is 0 Å². The molecule has 0 unspecified atom stereocenters. The maximum Gasteiger partial charge on any atom is 0.338 e. The molecule has 1 aliphatic rings. The second kappa shape index (κ2) is 6.68. The topological polar surface area (TPSA) is 63.7 Å². The standard InChI is InChI=1S/C22H17NO4/c1-14(27-22(26)16-7-3-2-4-8-16)13-23-20(24)17-11-5-9-15-10-6-12-18(19(15)17)21(23)25/h2-12,14H,13H2,1H3/t14-/m1/s1. The van der Waals surface area contributed by atoms with Crippen molar-refractivity contribution in [1.29, 1.82) is 0 Å². The lowest BCUT2D eigenvalue weighted by atomic mass is 9.94. The highest BCUT2D eigenvalue weighted by molar-refractivity contribution is 6.25.